The number of pyridine rings is 1. The van der Waals surface area contributed by atoms with E-state index in [4.69, 9.17) is 0 Å². The number of rotatable bonds is 5. The third-order valence-corrected chi connectivity index (χ3v) is 4.37. The monoisotopic (exact) mass is 385 g/mol. The highest BCUT2D eigenvalue weighted by Gasteiger charge is 2.15. The summed E-state index contributed by atoms with van der Waals surface area (Å²) in [6.45, 7) is 1.56. The van der Waals surface area contributed by atoms with E-state index >= 15 is 0 Å². The number of fused-ring (bicyclic) bond motifs is 1. The molecule has 2 aromatic carbocycles. The third kappa shape index (κ3) is 4.14. The van der Waals surface area contributed by atoms with Crippen molar-refractivity contribution in [2.24, 2.45) is 0 Å². The Morgan fingerprint density at radius 3 is 2.34 bits per heavy atom. The minimum atomic E-state index is -0.175. The number of carbonyl (C=O) groups is 2. The SMILES string of the molecule is CC(=O)Nc1ccc(NC(=O)Cn2c(-c3cccnc3)nc3ccccc32)cc1. The lowest BCUT2D eigenvalue weighted by atomic mass is 10.2. The van der Waals surface area contributed by atoms with Crippen LogP contribution in [-0.2, 0) is 16.1 Å². The molecule has 0 fully saturated rings. The van der Waals surface area contributed by atoms with Gasteiger partial charge in [-0.05, 0) is 48.5 Å². The molecular weight excluding hydrogens is 366 g/mol. The summed E-state index contributed by atoms with van der Waals surface area (Å²) in [5.41, 5.74) is 3.86. The van der Waals surface area contributed by atoms with Gasteiger partial charge in [-0.15, -0.1) is 0 Å². The second-order valence-corrected chi connectivity index (χ2v) is 6.56. The molecule has 0 aliphatic heterocycles. The molecule has 2 heterocycles. The van der Waals surface area contributed by atoms with E-state index in [0.717, 1.165) is 16.6 Å². The van der Waals surface area contributed by atoms with E-state index in [1.807, 2.05) is 41.0 Å². The van der Waals surface area contributed by atoms with Crippen molar-refractivity contribution in [3.05, 3.63) is 73.1 Å². The van der Waals surface area contributed by atoms with E-state index in [1.165, 1.54) is 6.92 Å². The van der Waals surface area contributed by atoms with Crippen LogP contribution in [0.1, 0.15) is 6.92 Å². The van der Waals surface area contributed by atoms with Gasteiger partial charge in [0.05, 0.1) is 11.0 Å². The van der Waals surface area contributed by atoms with E-state index in [-0.39, 0.29) is 18.4 Å². The molecule has 0 spiro atoms. The Hall–Kier alpha value is -4.00. The topological polar surface area (TPSA) is 88.9 Å². The van der Waals surface area contributed by atoms with Gasteiger partial charge in [-0.25, -0.2) is 4.98 Å². The Bertz CT molecular complexity index is 1170. The second-order valence-electron chi connectivity index (χ2n) is 6.56. The summed E-state index contributed by atoms with van der Waals surface area (Å²) >= 11 is 0. The molecule has 2 N–H and O–H groups in total. The van der Waals surface area contributed by atoms with Gasteiger partial charge in [0.15, 0.2) is 0 Å². The van der Waals surface area contributed by atoms with Crippen molar-refractivity contribution < 1.29 is 9.59 Å². The molecule has 7 nitrogen and oxygen atoms in total. The van der Waals surface area contributed by atoms with Gasteiger partial charge in [-0.3, -0.25) is 14.6 Å². The predicted molar refractivity (Wildman–Crippen MR) is 112 cm³/mol. The quantitative estimate of drug-likeness (QED) is 0.548. The van der Waals surface area contributed by atoms with Crippen molar-refractivity contribution in [3.8, 4) is 11.4 Å². The maximum atomic E-state index is 12.7. The number of imidazole rings is 1. The Labute approximate surface area is 167 Å². The van der Waals surface area contributed by atoms with Gasteiger partial charge in [-0.2, -0.15) is 0 Å². The zero-order valence-electron chi connectivity index (χ0n) is 15.8. The van der Waals surface area contributed by atoms with E-state index in [2.05, 4.69) is 20.6 Å². The summed E-state index contributed by atoms with van der Waals surface area (Å²) in [7, 11) is 0. The van der Waals surface area contributed by atoms with E-state index in [1.54, 1.807) is 36.7 Å². The van der Waals surface area contributed by atoms with Gasteiger partial charge < -0.3 is 15.2 Å². The normalized spacial score (nSPS) is 10.7. The summed E-state index contributed by atoms with van der Waals surface area (Å²) in [6.07, 6.45) is 3.43. The van der Waals surface area contributed by atoms with Gasteiger partial charge in [-0.1, -0.05) is 12.1 Å². The highest BCUT2D eigenvalue weighted by Crippen LogP contribution is 2.24. The average Bonchev–Trinajstić information content (AvgIpc) is 3.08. The van der Waals surface area contributed by atoms with Crippen LogP contribution < -0.4 is 10.6 Å². The molecule has 144 valence electrons. The molecule has 0 radical (unpaired) electrons. The Morgan fingerprint density at radius 2 is 1.66 bits per heavy atom. The summed E-state index contributed by atoms with van der Waals surface area (Å²) < 4.78 is 1.88. The number of nitrogens with zero attached hydrogens (tertiary/aromatic N) is 3. The van der Waals surface area contributed by atoms with Crippen LogP contribution in [0.4, 0.5) is 11.4 Å². The molecule has 4 rings (SSSR count). The first kappa shape index (κ1) is 18.4. The number of hydrogen-bond acceptors (Lipinski definition) is 4. The zero-order chi connectivity index (χ0) is 20.2. The molecule has 0 saturated carbocycles. The first-order chi connectivity index (χ1) is 14.1. The zero-order valence-corrected chi connectivity index (χ0v) is 15.8. The van der Waals surface area contributed by atoms with Crippen molar-refractivity contribution in [2.75, 3.05) is 10.6 Å². The van der Waals surface area contributed by atoms with Gasteiger partial charge in [0.25, 0.3) is 0 Å². The first-order valence-electron chi connectivity index (χ1n) is 9.13. The average molecular weight is 385 g/mol. The van der Waals surface area contributed by atoms with Crippen molar-refractivity contribution in [1.29, 1.82) is 0 Å². The summed E-state index contributed by atoms with van der Waals surface area (Å²) in [6, 6.07) is 18.4. The molecule has 29 heavy (non-hydrogen) atoms. The minimum Gasteiger partial charge on any atom is -0.326 e. The molecule has 0 unspecified atom stereocenters. The molecule has 7 heteroatoms. The van der Waals surface area contributed by atoms with Gasteiger partial charge in [0.2, 0.25) is 11.8 Å². The molecule has 0 atom stereocenters. The van der Waals surface area contributed by atoms with Crippen molar-refractivity contribution in [3.63, 3.8) is 0 Å². The number of anilines is 2. The highest BCUT2D eigenvalue weighted by atomic mass is 16.2. The lowest BCUT2D eigenvalue weighted by Crippen LogP contribution is -2.19. The lowest BCUT2D eigenvalue weighted by Gasteiger charge is -2.11. The fourth-order valence-electron chi connectivity index (χ4n) is 3.14. The summed E-state index contributed by atoms with van der Waals surface area (Å²) in [5.74, 6) is 0.373. The third-order valence-electron chi connectivity index (χ3n) is 4.37. The van der Waals surface area contributed by atoms with E-state index < -0.39 is 0 Å². The number of carbonyl (C=O) groups excluding carboxylic acids is 2. The number of benzene rings is 2. The Kier molecular flexibility index (Phi) is 5.03. The van der Waals surface area contributed by atoms with Gasteiger partial charge in [0.1, 0.15) is 12.4 Å². The number of amides is 2. The highest BCUT2D eigenvalue weighted by molar-refractivity contribution is 5.93. The van der Waals surface area contributed by atoms with Crippen molar-refractivity contribution in [2.45, 2.75) is 13.5 Å². The second kappa shape index (κ2) is 7.93. The molecule has 4 aromatic rings. The molecule has 2 amide bonds. The summed E-state index contributed by atoms with van der Waals surface area (Å²) in [4.78, 5) is 32.7. The Morgan fingerprint density at radius 1 is 0.931 bits per heavy atom. The predicted octanol–water partition coefficient (Wildman–Crippen LogP) is 3.70. The maximum Gasteiger partial charge on any atom is 0.244 e. The first-order valence-corrected chi connectivity index (χ1v) is 9.13. The minimum absolute atomic E-state index is 0.109. The van der Waals surface area contributed by atoms with Crippen LogP contribution in [0.25, 0.3) is 22.4 Å². The van der Waals surface area contributed by atoms with Gasteiger partial charge in [0, 0.05) is 36.3 Å². The van der Waals surface area contributed by atoms with Gasteiger partial charge >= 0.3 is 0 Å². The lowest BCUT2D eigenvalue weighted by molar-refractivity contribution is -0.116. The van der Waals surface area contributed by atoms with E-state index in [9.17, 15) is 9.59 Å². The van der Waals surface area contributed by atoms with Crippen LogP contribution in [0.15, 0.2) is 73.1 Å². The van der Waals surface area contributed by atoms with Crippen LogP contribution in [0.5, 0.6) is 0 Å². The molecule has 0 saturated heterocycles. The number of hydrogen-bond donors (Lipinski definition) is 2. The van der Waals surface area contributed by atoms with E-state index in [0.29, 0.717) is 17.2 Å². The Balaban J connectivity index is 1.58. The number of aromatic nitrogens is 3. The smallest absolute Gasteiger partial charge is 0.244 e. The summed E-state index contributed by atoms with van der Waals surface area (Å²) in [5, 5.41) is 5.59. The molecule has 2 aromatic heterocycles. The van der Waals surface area contributed by atoms with Crippen LogP contribution in [-0.4, -0.2) is 26.3 Å². The standard InChI is InChI=1S/C22H19N5O2/c1-15(28)24-17-8-10-18(11-9-17)25-21(29)14-27-20-7-3-2-6-19(20)26-22(27)16-5-4-12-23-13-16/h2-13H,14H2,1H3,(H,24,28)(H,25,29). The van der Waals surface area contributed by atoms with Crippen molar-refractivity contribution in [1.82, 2.24) is 14.5 Å². The molecule has 0 aliphatic carbocycles. The number of nitrogens with one attached hydrogen (secondary N) is 2. The van der Waals surface area contributed by atoms with Crippen LogP contribution in [0.2, 0.25) is 0 Å². The molecule has 0 bridgehead atoms. The molecular formula is C22H19N5O2. The number of para-hydroxylation sites is 2. The fourth-order valence-corrected chi connectivity index (χ4v) is 3.14. The van der Waals surface area contributed by atoms with Crippen LogP contribution >= 0.6 is 0 Å². The molecule has 0 aliphatic rings. The fraction of sp³-hybridized carbons (Fsp3) is 0.0909. The van der Waals surface area contributed by atoms with Crippen LogP contribution in [0, 0.1) is 0 Å². The largest absolute Gasteiger partial charge is 0.326 e. The van der Waals surface area contributed by atoms with Crippen LogP contribution in [0.3, 0.4) is 0 Å². The maximum absolute atomic E-state index is 12.7. The van der Waals surface area contributed by atoms with Crippen molar-refractivity contribution >= 4 is 34.2 Å².